The molecule has 2 heterocycles. The number of carbonyl (C=O) groups is 1. The lowest BCUT2D eigenvalue weighted by atomic mass is 10.2. The molecule has 9 heteroatoms. The molecule has 0 saturated carbocycles. The topological polar surface area (TPSA) is 113 Å². The molecule has 0 aliphatic rings. The lowest BCUT2D eigenvalue weighted by molar-refractivity contribution is -0.118. The molecule has 0 unspecified atom stereocenters. The molecule has 0 atom stereocenters. The van der Waals surface area contributed by atoms with E-state index < -0.39 is 0 Å². The molecule has 1 amide bonds. The first-order chi connectivity index (χ1) is 12.6. The average Bonchev–Trinajstić information content (AvgIpc) is 3.25. The van der Waals surface area contributed by atoms with Crippen LogP contribution in [0.2, 0.25) is 0 Å². The molecule has 0 fully saturated rings. The van der Waals surface area contributed by atoms with Crippen molar-refractivity contribution >= 4 is 17.7 Å². The van der Waals surface area contributed by atoms with E-state index in [0.717, 1.165) is 28.7 Å². The number of hydrogen-bond donors (Lipinski definition) is 1. The Morgan fingerprint density at radius 3 is 2.81 bits per heavy atom. The molecule has 26 heavy (non-hydrogen) atoms. The SMILES string of the molecule is Cn1c(CCC(N)=O)nnc1SCCCc1nc(-c2ccccc2)no1. The minimum absolute atomic E-state index is 0.275. The van der Waals surface area contributed by atoms with Crippen LogP contribution in [0.25, 0.3) is 11.4 Å². The highest BCUT2D eigenvalue weighted by Crippen LogP contribution is 2.19. The van der Waals surface area contributed by atoms with Gasteiger partial charge < -0.3 is 14.8 Å². The maximum atomic E-state index is 10.9. The maximum Gasteiger partial charge on any atom is 0.226 e. The van der Waals surface area contributed by atoms with E-state index in [0.29, 0.717) is 24.6 Å². The van der Waals surface area contributed by atoms with E-state index in [-0.39, 0.29) is 12.3 Å². The van der Waals surface area contributed by atoms with Gasteiger partial charge in [-0.2, -0.15) is 4.98 Å². The highest BCUT2D eigenvalue weighted by atomic mass is 32.2. The summed E-state index contributed by atoms with van der Waals surface area (Å²) in [5.41, 5.74) is 6.11. The Balaban J connectivity index is 1.46. The van der Waals surface area contributed by atoms with Crippen molar-refractivity contribution in [1.29, 1.82) is 0 Å². The summed E-state index contributed by atoms with van der Waals surface area (Å²) in [6.07, 6.45) is 2.37. The monoisotopic (exact) mass is 372 g/mol. The molecule has 1 aromatic carbocycles. The zero-order valence-electron chi connectivity index (χ0n) is 14.5. The van der Waals surface area contributed by atoms with Crippen molar-refractivity contribution in [2.45, 2.75) is 30.8 Å². The third-order valence-electron chi connectivity index (χ3n) is 3.79. The van der Waals surface area contributed by atoms with Gasteiger partial charge in [0, 0.05) is 37.6 Å². The Morgan fingerprint density at radius 1 is 1.23 bits per heavy atom. The maximum absolute atomic E-state index is 10.9. The first kappa shape index (κ1) is 18.1. The van der Waals surface area contributed by atoms with Crippen LogP contribution in [-0.2, 0) is 24.7 Å². The van der Waals surface area contributed by atoms with E-state index in [9.17, 15) is 4.79 Å². The minimum atomic E-state index is -0.336. The molecule has 0 radical (unpaired) electrons. The van der Waals surface area contributed by atoms with Crippen molar-refractivity contribution in [1.82, 2.24) is 24.9 Å². The van der Waals surface area contributed by atoms with Crippen LogP contribution >= 0.6 is 11.8 Å². The Kier molecular flexibility index (Phi) is 6.00. The van der Waals surface area contributed by atoms with Crippen LogP contribution in [0.15, 0.2) is 40.0 Å². The molecule has 2 N–H and O–H groups in total. The number of aromatic nitrogens is 5. The number of amides is 1. The lowest BCUT2D eigenvalue weighted by Gasteiger charge is -2.02. The molecule has 0 aliphatic heterocycles. The van der Waals surface area contributed by atoms with E-state index in [4.69, 9.17) is 10.3 Å². The first-order valence-corrected chi connectivity index (χ1v) is 9.29. The molecule has 0 aliphatic carbocycles. The molecule has 136 valence electrons. The summed E-state index contributed by atoms with van der Waals surface area (Å²) in [4.78, 5) is 15.3. The Bertz CT molecular complexity index is 861. The first-order valence-electron chi connectivity index (χ1n) is 8.31. The predicted octanol–water partition coefficient (Wildman–Crippen LogP) is 2.01. The third-order valence-corrected chi connectivity index (χ3v) is 4.89. The van der Waals surface area contributed by atoms with E-state index in [1.165, 1.54) is 0 Å². The number of primary amides is 1. The van der Waals surface area contributed by atoms with Gasteiger partial charge >= 0.3 is 0 Å². The molecular formula is C17H20N6O2S. The quantitative estimate of drug-likeness (QED) is 0.451. The van der Waals surface area contributed by atoms with Gasteiger partial charge in [-0.1, -0.05) is 47.3 Å². The highest BCUT2D eigenvalue weighted by molar-refractivity contribution is 7.99. The smallest absolute Gasteiger partial charge is 0.226 e. The number of rotatable bonds is 9. The summed E-state index contributed by atoms with van der Waals surface area (Å²) in [7, 11) is 1.89. The Hall–Kier alpha value is -2.68. The van der Waals surface area contributed by atoms with Crippen LogP contribution in [0.1, 0.15) is 24.6 Å². The van der Waals surface area contributed by atoms with E-state index in [1.807, 2.05) is 41.9 Å². The summed E-state index contributed by atoms with van der Waals surface area (Å²) in [5, 5.41) is 13.1. The second-order valence-electron chi connectivity index (χ2n) is 5.75. The standard InChI is InChI=1S/C17H20N6O2S/c1-23-14(10-9-13(18)24)20-21-17(23)26-11-5-8-15-19-16(22-25-15)12-6-3-2-4-7-12/h2-4,6-7H,5,8-11H2,1H3,(H2,18,24). The van der Waals surface area contributed by atoms with Crippen molar-refractivity contribution in [3.63, 3.8) is 0 Å². The highest BCUT2D eigenvalue weighted by Gasteiger charge is 2.11. The second kappa shape index (κ2) is 8.61. The van der Waals surface area contributed by atoms with Crippen molar-refractivity contribution in [3.8, 4) is 11.4 Å². The van der Waals surface area contributed by atoms with Gasteiger partial charge in [-0.3, -0.25) is 4.79 Å². The van der Waals surface area contributed by atoms with Crippen LogP contribution in [0.5, 0.6) is 0 Å². The van der Waals surface area contributed by atoms with Crippen LogP contribution in [0.3, 0.4) is 0 Å². The molecule has 3 rings (SSSR count). The zero-order chi connectivity index (χ0) is 18.4. The van der Waals surface area contributed by atoms with Crippen molar-refractivity contribution in [2.24, 2.45) is 12.8 Å². The van der Waals surface area contributed by atoms with Gasteiger partial charge in [0.15, 0.2) is 5.16 Å². The molecule has 3 aromatic rings. The van der Waals surface area contributed by atoms with E-state index in [2.05, 4.69) is 20.3 Å². The van der Waals surface area contributed by atoms with Crippen LogP contribution in [-0.4, -0.2) is 36.6 Å². The Morgan fingerprint density at radius 2 is 2.04 bits per heavy atom. The van der Waals surface area contributed by atoms with Crippen LogP contribution in [0.4, 0.5) is 0 Å². The normalized spacial score (nSPS) is 11.0. The molecule has 0 saturated heterocycles. The van der Waals surface area contributed by atoms with Gasteiger partial charge in [-0.05, 0) is 6.42 Å². The number of carbonyl (C=O) groups excluding carboxylic acids is 1. The summed E-state index contributed by atoms with van der Waals surface area (Å²) in [5.74, 6) is 2.52. The van der Waals surface area contributed by atoms with Crippen molar-refractivity contribution in [2.75, 3.05) is 5.75 Å². The fourth-order valence-electron chi connectivity index (χ4n) is 2.37. The van der Waals surface area contributed by atoms with Gasteiger partial charge in [-0.25, -0.2) is 0 Å². The van der Waals surface area contributed by atoms with Gasteiger partial charge in [-0.15, -0.1) is 10.2 Å². The van der Waals surface area contributed by atoms with Crippen LogP contribution in [0, 0.1) is 0 Å². The minimum Gasteiger partial charge on any atom is -0.370 e. The fourth-order valence-corrected chi connectivity index (χ4v) is 3.24. The fraction of sp³-hybridized carbons (Fsp3) is 0.353. The van der Waals surface area contributed by atoms with Crippen LogP contribution < -0.4 is 5.73 Å². The van der Waals surface area contributed by atoms with Crippen molar-refractivity contribution < 1.29 is 9.32 Å². The lowest BCUT2D eigenvalue weighted by Crippen LogP contribution is -2.12. The largest absolute Gasteiger partial charge is 0.370 e. The number of benzene rings is 1. The van der Waals surface area contributed by atoms with Gasteiger partial charge in [0.05, 0.1) is 0 Å². The molecule has 0 bridgehead atoms. The summed E-state index contributed by atoms with van der Waals surface area (Å²) < 4.78 is 7.20. The molecular weight excluding hydrogens is 352 g/mol. The van der Waals surface area contributed by atoms with Gasteiger partial charge in [0.1, 0.15) is 5.82 Å². The molecule has 2 aromatic heterocycles. The third kappa shape index (κ3) is 4.69. The van der Waals surface area contributed by atoms with Crippen molar-refractivity contribution in [3.05, 3.63) is 42.0 Å². The van der Waals surface area contributed by atoms with Gasteiger partial charge in [0.2, 0.25) is 17.6 Å². The molecule has 8 nitrogen and oxygen atoms in total. The Labute approximate surface area is 155 Å². The average molecular weight is 372 g/mol. The van der Waals surface area contributed by atoms with E-state index >= 15 is 0 Å². The summed E-state index contributed by atoms with van der Waals surface area (Å²) in [6, 6.07) is 9.75. The number of nitrogens with two attached hydrogens (primary N) is 1. The van der Waals surface area contributed by atoms with E-state index in [1.54, 1.807) is 11.8 Å². The van der Waals surface area contributed by atoms with Gasteiger partial charge in [0.25, 0.3) is 0 Å². The number of hydrogen-bond acceptors (Lipinski definition) is 7. The molecule has 0 spiro atoms. The number of nitrogens with zero attached hydrogens (tertiary/aromatic N) is 5. The zero-order valence-corrected chi connectivity index (χ0v) is 15.3. The summed E-state index contributed by atoms with van der Waals surface area (Å²) in [6.45, 7) is 0. The summed E-state index contributed by atoms with van der Waals surface area (Å²) >= 11 is 1.61. The second-order valence-corrected chi connectivity index (χ2v) is 6.82. The number of thioether (sulfide) groups is 1. The number of aryl methyl sites for hydroxylation is 2. The predicted molar refractivity (Wildman–Crippen MR) is 97.3 cm³/mol.